The van der Waals surface area contributed by atoms with Gasteiger partial charge in [-0.25, -0.2) is 13.8 Å². The summed E-state index contributed by atoms with van der Waals surface area (Å²) in [5.41, 5.74) is 1.43. The minimum Gasteiger partial charge on any atom is -0.325 e. The predicted molar refractivity (Wildman–Crippen MR) is 121 cm³/mol. The van der Waals surface area contributed by atoms with Crippen LogP contribution in [0.3, 0.4) is 0 Å². The molecule has 0 saturated heterocycles. The lowest BCUT2D eigenvalue weighted by Gasteiger charge is -2.13. The molecule has 0 spiro atoms. The number of aryl methyl sites for hydroxylation is 1. The zero-order valence-corrected chi connectivity index (χ0v) is 18.4. The molecule has 4 aromatic rings. The first-order valence-corrected chi connectivity index (χ1v) is 11.2. The summed E-state index contributed by atoms with van der Waals surface area (Å²) in [5, 5.41) is 4.59. The van der Waals surface area contributed by atoms with Crippen LogP contribution in [0.15, 0.2) is 57.8 Å². The van der Waals surface area contributed by atoms with Crippen molar-refractivity contribution in [2.24, 2.45) is 0 Å². The van der Waals surface area contributed by atoms with E-state index in [0.717, 1.165) is 17.8 Å². The van der Waals surface area contributed by atoms with Gasteiger partial charge in [0.15, 0.2) is 5.16 Å². The largest absolute Gasteiger partial charge is 0.325 e. The Balaban J connectivity index is 1.64. The van der Waals surface area contributed by atoms with Gasteiger partial charge in [-0.3, -0.25) is 14.2 Å². The first-order chi connectivity index (χ1) is 14.8. The fourth-order valence-corrected chi connectivity index (χ4v) is 4.64. The van der Waals surface area contributed by atoms with Crippen molar-refractivity contribution in [1.82, 2.24) is 9.55 Å². The number of benzene rings is 2. The van der Waals surface area contributed by atoms with Crippen molar-refractivity contribution in [2.75, 3.05) is 11.1 Å². The molecule has 10 heteroatoms. The van der Waals surface area contributed by atoms with Gasteiger partial charge in [-0.1, -0.05) is 23.4 Å². The SMILES string of the molecule is Cc1cc(-n2c(SCC(=O)Nc3ccc(F)c(Cl)c3)nc3ccsc3c2=O)ccc1F. The third-order valence-electron chi connectivity index (χ3n) is 4.38. The van der Waals surface area contributed by atoms with Gasteiger partial charge in [0.05, 0.1) is 22.0 Å². The maximum absolute atomic E-state index is 13.7. The summed E-state index contributed by atoms with van der Waals surface area (Å²) in [6.45, 7) is 1.61. The molecule has 0 radical (unpaired) electrons. The van der Waals surface area contributed by atoms with Crippen molar-refractivity contribution in [3.05, 3.63) is 80.4 Å². The molecule has 0 unspecified atom stereocenters. The maximum Gasteiger partial charge on any atom is 0.276 e. The van der Waals surface area contributed by atoms with Gasteiger partial charge in [-0.15, -0.1) is 11.3 Å². The van der Waals surface area contributed by atoms with Gasteiger partial charge in [0.2, 0.25) is 5.91 Å². The molecule has 4 rings (SSSR count). The number of nitrogens with one attached hydrogen (secondary N) is 1. The number of aromatic nitrogens is 2. The quantitative estimate of drug-likeness (QED) is 0.308. The summed E-state index contributed by atoms with van der Waals surface area (Å²) in [7, 11) is 0. The fraction of sp³-hybridized carbons (Fsp3) is 0.0952. The van der Waals surface area contributed by atoms with E-state index >= 15 is 0 Å². The number of hydrogen-bond donors (Lipinski definition) is 1. The number of halogens is 3. The number of nitrogens with zero attached hydrogens (tertiary/aromatic N) is 2. The molecule has 31 heavy (non-hydrogen) atoms. The number of anilines is 1. The van der Waals surface area contributed by atoms with Crippen LogP contribution in [0.25, 0.3) is 15.9 Å². The Morgan fingerprint density at radius 1 is 1.19 bits per heavy atom. The highest BCUT2D eigenvalue weighted by Gasteiger charge is 2.16. The zero-order valence-electron chi connectivity index (χ0n) is 16.0. The van der Waals surface area contributed by atoms with Crippen LogP contribution in [0.2, 0.25) is 5.02 Å². The number of rotatable bonds is 5. The van der Waals surface area contributed by atoms with Gasteiger partial charge < -0.3 is 5.32 Å². The van der Waals surface area contributed by atoms with Gasteiger partial charge in [0.25, 0.3) is 5.56 Å². The van der Waals surface area contributed by atoms with Crippen molar-refractivity contribution >= 4 is 56.5 Å². The van der Waals surface area contributed by atoms with E-state index in [2.05, 4.69) is 10.3 Å². The lowest BCUT2D eigenvalue weighted by Crippen LogP contribution is -2.22. The molecule has 0 bridgehead atoms. The van der Waals surface area contributed by atoms with Gasteiger partial charge in [-0.2, -0.15) is 0 Å². The molecule has 2 heterocycles. The normalized spacial score (nSPS) is 11.1. The fourth-order valence-electron chi connectivity index (χ4n) is 2.89. The summed E-state index contributed by atoms with van der Waals surface area (Å²) < 4.78 is 28.9. The number of carbonyl (C=O) groups is 1. The van der Waals surface area contributed by atoms with E-state index < -0.39 is 5.82 Å². The van der Waals surface area contributed by atoms with E-state index in [9.17, 15) is 18.4 Å². The highest BCUT2D eigenvalue weighted by atomic mass is 35.5. The predicted octanol–water partition coefficient (Wildman–Crippen LogP) is 5.42. The molecule has 0 aliphatic heterocycles. The van der Waals surface area contributed by atoms with Crippen molar-refractivity contribution in [2.45, 2.75) is 12.1 Å². The van der Waals surface area contributed by atoms with Crippen molar-refractivity contribution in [3.63, 3.8) is 0 Å². The topological polar surface area (TPSA) is 64.0 Å². The molecular formula is C21H14ClF2N3O2S2. The highest BCUT2D eigenvalue weighted by molar-refractivity contribution is 7.99. The second kappa shape index (κ2) is 8.78. The molecule has 0 atom stereocenters. The highest BCUT2D eigenvalue weighted by Crippen LogP contribution is 2.25. The second-order valence-corrected chi connectivity index (χ2v) is 8.83. The molecule has 1 N–H and O–H groups in total. The summed E-state index contributed by atoms with van der Waals surface area (Å²) in [5.74, 6) is -1.40. The lowest BCUT2D eigenvalue weighted by molar-refractivity contribution is -0.113. The van der Waals surface area contributed by atoms with E-state index in [0.29, 0.717) is 32.3 Å². The first kappa shape index (κ1) is 21.5. The number of hydrogen-bond acceptors (Lipinski definition) is 5. The number of thiophene rings is 1. The van der Waals surface area contributed by atoms with Crippen LogP contribution in [0.5, 0.6) is 0 Å². The Morgan fingerprint density at radius 3 is 2.71 bits per heavy atom. The molecule has 0 saturated carbocycles. The van der Waals surface area contributed by atoms with Crippen LogP contribution in [0, 0.1) is 18.6 Å². The van der Waals surface area contributed by atoms with Crippen LogP contribution in [0.4, 0.5) is 14.5 Å². The summed E-state index contributed by atoms with van der Waals surface area (Å²) in [6.07, 6.45) is 0. The summed E-state index contributed by atoms with van der Waals surface area (Å²) in [4.78, 5) is 30.0. The molecular weight excluding hydrogens is 464 g/mol. The standard InChI is InChI=1S/C21H14ClF2N3O2S2/c1-11-8-13(3-5-15(11)23)27-20(29)19-17(6-7-30-19)26-21(27)31-10-18(28)25-12-2-4-16(24)14(22)9-12/h2-9H,10H2,1H3,(H,25,28). The number of fused-ring (bicyclic) bond motifs is 1. The van der Waals surface area contributed by atoms with E-state index in [1.807, 2.05) is 0 Å². The van der Waals surface area contributed by atoms with Crippen molar-refractivity contribution in [3.8, 4) is 5.69 Å². The van der Waals surface area contributed by atoms with E-state index in [4.69, 9.17) is 11.6 Å². The smallest absolute Gasteiger partial charge is 0.276 e. The molecule has 2 aromatic carbocycles. The Hall–Kier alpha value is -2.75. The Morgan fingerprint density at radius 2 is 1.97 bits per heavy atom. The van der Waals surface area contributed by atoms with Crippen LogP contribution in [-0.4, -0.2) is 21.2 Å². The Bertz CT molecular complexity index is 1370. The van der Waals surface area contributed by atoms with Crippen LogP contribution in [-0.2, 0) is 4.79 Å². The molecule has 5 nitrogen and oxygen atoms in total. The van der Waals surface area contributed by atoms with Crippen molar-refractivity contribution < 1.29 is 13.6 Å². The van der Waals surface area contributed by atoms with Crippen molar-refractivity contribution in [1.29, 1.82) is 0 Å². The van der Waals surface area contributed by atoms with Gasteiger partial charge in [-0.05, 0) is 60.3 Å². The third kappa shape index (κ3) is 4.48. The average molecular weight is 478 g/mol. The minimum atomic E-state index is -0.582. The van der Waals surface area contributed by atoms with Crippen LogP contribution < -0.4 is 10.9 Å². The zero-order chi connectivity index (χ0) is 22.1. The molecule has 0 fully saturated rings. The minimum absolute atomic E-state index is 0.0583. The average Bonchev–Trinajstić information content (AvgIpc) is 3.20. The molecule has 0 aliphatic carbocycles. The Labute approximate surface area is 188 Å². The van der Waals surface area contributed by atoms with E-state index in [-0.39, 0.29) is 28.1 Å². The first-order valence-electron chi connectivity index (χ1n) is 8.98. The van der Waals surface area contributed by atoms with Gasteiger partial charge >= 0.3 is 0 Å². The molecule has 1 amide bonds. The third-order valence-corrected chi connectivity index (χ3v) is 6.50. The second-order valence-electron chi connectivity index (χ2n) is 6.57. The van der Waals surface area contributed by atoms with E-state index in [1.54, 1.807) is 24.4 Å². The molecule has 2 aromatic heterocycles. The summed E-state index contributed by atoms with van der Waals surface area (Å²) >= 11 is 8.07. The number of amides is 1. The number of carbonyl (C=O) groups excluding carboxylic acids is 1. The molecule has 158 valence electrons. The number of thioether (sulfide) groups is 1. The van der Waals surface area contributed by atoms with Crippen LogP contribution >= 0.6 is 34.7 Å². The molecule has 0 aliphatic rings. The van der Waals surface area contributed by atoms with E-state index in [1.165, 1.54) is 40.2 Å². The Kier molecular flexibility index (Phi) is 6.08. The monoisotopic (exact) mass is 477 g/mol. The van der Waals surface area contributed by atoms with Crippen LogP contribution in [0.1, 0.15) is 5.56 Å². The summed E-state index contributed by atoms with van der Waals surface area (Å²) in [6, 6.07) is 9.94. The lowest BCUT2D eigenvalue weighted by atomic mass is 10.2. The maximum atomic E-state index is 13.7. The van der Waals surface area contributed by atoms with Gasteiger partial charge in [0, 0.05) is 5.69 Å². The van der Waals surface area contributed by atoms with Gasteiger partial charge in [0.1, 0.15) is 16.3 Å².